The van der Waals surface area contributed by atoms with E-state index in [-0.39, 0.29) is 0 Å². The quantitative estimate of drug-likeness (QED) is 0.736. The molecule has 0 saturated carbocycles. The van der Waals surface area contributed by atoms with Crippen LogP contribution >= 0.6 is 0 Å². The second-order valence-electron chi connectivity index (χ2n) is 4.34. The van der Waals surface area contributed by atoms with Gasteiger partial charge in [-0.15, -0.1) is 5.10 Å². The highest BCUT2D eigenvalue weighted by molar-refractivity contribution is 5.63. The molecule has 6 nitrogen and oxygen atoms in total. The van der Waals surface area contributed by atoms with Crippen molar-refractivity contribution in [3.05, 3.63) is 42.1 Å². The van der Waals surface area contributed by atoms with E-state index in [1.807, 2.05) is 12.1 Å². The Kier molecular flexibility index (Phi) is 3.16. The van der Waals surface area contributed by atoms with Gasteiger partial charge in [-0.2, -0.15) is 5.26 Å². The molecular weight excluding hydrogens is 268 g/mol. The number of nitrogens with zero attached hydrogens (tertiary/aromatic N) is 4. The fourth-order valence-corrected chi connectivity index (χ4v) is 2.05. The Morgan fingerprint density at radius 3 is 2.62 bits per heavy atom. The molecule has 0 amide bonds. The number of ether oxygens (including phenoxy) is 2. The van der Waals surface area contributed by atoms with E-state index in [0.29, 0.717) is 28.5 Å². The van der Waals surface area contributed by atoms with E-state index < -0.39 is 0 Å². The Bertz CT molecular complexity index is 848. The van der Waals surface area contributed by atoms with Crippen LogP contribution in [-0.4, -0.2) is 28.8 Å². The van der Waals surface area contributed by atoms with Gasteiger partial charge in [-0.3, -0.25) is 0 Å². The number of aromatic nitrogens is 3. The first-order valence-electron chi connectivity index (χ1n) is 6.24. The molecule has 21 heavy (non-hydrogen) atoms. The van der Waals surface area contributed by atoms with Crippen LogP contribution in [0, 0.1) is 11.3 Å². The van der Waals surface area contributed by atoms with Crippen molar-refractivity contribution >= 4 is 5.65 Å². The SMILES string of the molecule is COc1ccc(-c2nc3ccc(C#N)cn3n2)cc1OC. The summed E-state index contributed by atoms with van der Waals surface area (Å²) in [6.45, 7) is 0. The lowest BCUT2D eigenvalue weighted by Gasteiger charge is -2.07. The van der Waals surface area contributed by atoms with Gasteiger partial charge >= 0.3 is 0 Å². The molecule has 0 unspecified atom stereocenters. The molecule has 0 atom stereocenters. The van der Waals surface area contributed by atoms with Crippen LogP contribution < -0.4 is 9.47 Å². The Morgan fingerprint density at radius 2 is 1.90 bits per heavy atom. The van der Waals surface area contributed by atoms with E-state index in [1.54, 1.807) is 43.1 Å². The molecule has 0 fully saturated rings. The van der Waals surface area contributed by atoms with Crippen molar-refractivity contribution in [1.29, 1.82) is 5.26 Å². The Balaban J connectivity index is 2.10. The number of rotatable bonds is 3. The number of hydrogen-bond acceptors (Lipinski definition) is 5. The van der Waals surface area contributed by atoms with Crippen LogP contribution in [0.25, 0.3) is 17.0 Å². The van der Waals surface area contributed by atoms with Gasteiger partial charge in [0.2, 0.25) is 0 Å². The molecule has 0 saturated heterocycles. The number of nitriles is 1. The lowest BCUT2D eigenvalue weighted by molar-refractivity contribution is 0.355. The summed E-state index contributed by atoms with van der Waals surface area (Å²) in [6.07, 6.45) is 1.65. The van der Waals surface area contributed by atoms with E-state index in [4.69, 9.17) is 14.7 Å². The van der Waals surface area contributed by atoms with E-state index in [2.05, 4.69) is 16.2 Å². The summed E-state index contributed by atoms with van der Waals surface area (Å²) in [6, 6.07) is 11.0. The fourth-order valence-electron chi connectivity index (χ4n) is 2.05. The summed E-state index contributed by atoms with van der Waals surface area (Å²) < 4.78 is 12.1. The molecule has 6 heteroatoms. The molecule has 104 valence electrons. The van der Waals surface area contributed by atoms with E-state index in [0.717, 1.165) is 5.56 Å². The third-order valence-corrected chi connectivity index (χ3v) is 3.10. The molecular formula is C15H12N4O2. The average Bonchev–Trinajstić information content (AvgIpc) is 2.96. The highest BCUT2D eigenvalue weighted by Gasteiger charge is 2.10. The minimum Gasteiger partial charge on any atom is -0.493 e. The zero-order valence-corrected chi connectivity index (χ0v) is 11.6. The molecule has 0 spiro atoms. The van der Waals surface area contributed by atoms with Gasteiger partial charge in [-0.1, -0.05) is 0 Å². The zero-order chi connectivity index (χ0) is 14.8. The molecule has 0 aliphatic rings. The van der Waals surface area contributed by atoms with Crippen molar-refractivity contribution in [2.45, 2.75) is 0 Å². The first-order chi connectivity index (χ1) is 10.2. The number of benzene rings is 1. The number of pyridine rings is 1. The number of methoxy groups -OCH3 is 2. The number of hydrogen-bond donors (Lipinski definition) is 0. The first kappa shape index (κ1) is 12.9. The molecule has 2 heterocycles. The van der Waals surface area contributed by atoms with Crippen LogP contribution in [0.5, 0.6) is 11.5 Å². The highest BCUT2D eigenvalue weighted by Crippen LogP contribution is 2.31. The van der Waals surface area contributed by atoms with Crippen molar-refractivity contribution in [3.63, 3.8) is 0 Å². The van der Waals surface area contributed by atoms with E-state index >= 15 is 0 Å². The predicted octanol–water partition coefficient (Wildman–Crippen LogP) is 2.29. The predicted molar refractivity (Wildman–Crippen MR) is 76.2 cm³/mol. The lowest BCUT2D eigenvalue weighted by atomic mass is 10.2. The lowest BCUT2D eigenvalue weighted by Crippen LogP contribution is -1.92. The molecule has 0 radical (unpaired) electrons. The van der Waals surface area contributed by atoms with Gasteiger partial charge < -0.3 is 9.47 Å². The van der Waals surface area contributed by atoms with Gasteiger partial charge in [0.05, 0.1) is 19.8 Å². The fraction of sp³-hybridized carbons (Fsp3) is 0.133. The summed E-state index contributed by atoms with van der Waals surface area (Å²) in [4.78, 5) is 4.44. The minimum atomic E-state index is 0.534. The highest BCUT2D eigenvalue weighted by atomic mass is 16.5. The Hall–Kier alpha value is -3.07. The van der Waals surface area contributed by atoms with Crippen LogP contribution in [0.3, 0.4) is 0 Å². The van der Waals surface area contributed by atoms with Crippen LogP contribution in [0.2, 0.25) is 0 Å². The standard InChI is InChI=1S/C15H12N4O2/c1-20-12-5-4-11(7-13(12)21-2)15-17-14-6-3-10(8-16)9-19(14)18-15/h3-7,9H,1-2H3. The summed E-state index contributed by atoms with van der Waals surface area (Å²) in [7, 11) is 3.17. The average molecular weight is 280 g/mol. The van der Waals surface area contributed by atoms with Gasteiger partial charge in [0.15, 0.2) is 23.0 Å². The third-order valence-electron chi connectivity index (χ3n) is 3.10. The number of fused-ring (bicyclic) bond motifs is 1. The van der Waals surface area contributed by atoms with Crippen molar-refractivity contribution in [3.8, 4) is 29.0 Å². The van der Waals surface area contributed by atoms with Crippen LogP contribution in [0.15, 0.2) is 36.5 Å². The van der Waals surface area contributed by atoms with Crippen LogP contribution in [-0.2, 0) is 0 Å². The third kappa shape index (κ3) is 2.25. The van der Waals surface area contributed by atoms with Crippen LogP contribution in [0.1, 0.15) is 5.56 Å². The van der Waals surface area contributed by atoms with Crippen molar-refractivity contribution < 1.29 is 9.47 Å². The second-order valence-corrected chi connectivity index (χ2v) is 4.34. The molecule has 2 aromatic heterocycles. The van der Waals surface area contributed by atoms with Gasteiger partial charge in [-0.25, -0.2) is 9.50 Å². The maximum atomic E-state index is 8.90. The molecule has 0 N–H and O–H groups in total. The van der Waals surface area contributed by atoms with Crippen molar-refractivity contribution in [1.82, 2.24) is 14.6 Å². The van der Waals surface area contributed by atoms with Gasteiger partial charge in [0.1, 0.15) is 6.07 Å². The van der Waals surface area contributed by atoms with Crippen LogP contribution in [0.4, 0.5) is 0 Å². The summed E-state index contributed by atoms with van der Waals surface area (Å²) >= 11 is 0. The molecule has 0 bridgehead atoms. The topological polar surface area (TPSA) is 72.4 Å². The van der Waals surface area contributed by atoms with Gasteiger partial charge in [0.25, 0.3) is 0 Å². The summed E-state index contributed by atoms with van der Waals surface area (Å²) in [5.41, 5.74) is 2.03. The maximum Gasteiger partial charge on any atom is 0.182 e. The normalized spacial score (nSPS) is 10.3. The van der Waals surface area contributed by atoms with Crippen molar-refractivity contribution in [2.24, 2.45) is 0 Å². The zero-order valence-electron chi connectivity index (χ0n) is 11.6. The first-order valence-corrected chi connectivity index (χ1v) is 6.24. The molecule has 0 aliphatic heterocycles. The molecule has 0 aliphatic carbocycles. The summed E-state index contributed by atoms with van der Waals surface area (Å²) in [5.74, 6) is 1.83. The molecule has 3 aromatic rings. The second kappa shape index (κ2) is 5.13. The monoisotopic (exact) mass is 280 g/mol. The molecule has 3 rings (SSSR count). The van der Waals surface area contributed by atoms with Gasteiger partial charge in [-0.05, 0) is 30.3 Å². The largest absolute Gasteiger partial charge is 0.493 e. The summed E-state index contributed by atoms with van der Waals surface area (Å²) in [5, 5.41) is 13.3. The molecule has 1 aromatic carbocycles. The van der Waals surface area contributed by atoms with E-state index in [9.17, 15) is 0 Å². The van der Waals surface area contributed by atoms with Gasteiger partial charge in [0, 0.05) is 11.8 Å². The Morgan fingerprint density at radius 1 is 1.10 bits per heavy atom. The minimum absolute atomic E-state index is 0.534. The van der Waals surface area contributed by atoms with E-state index in [1.165, 1.54) is 0 Å². The van der Waals surface area contributed by atoms with Crippen molar-refractivity contribution in [2.75, 3.05) is 14.2 Å². The smallest absolute Gasteiger partial charge is 0.182 e. The Labute approximate surface area is 121 Å². The maximum absolute atomic E-state index is 8.90.